The number of hydrazone groups is 2. The summed E-state index contributed by atoms with van der Waals surface area (Å²) in [5.74, 6) is 0.0892. The number of phenols is 2. The van der Waals surface area contributed by atoms with Crippen LogP contribution in [0.2, 0.25) is 0 Å². The average Bonchev–Trinajstić information content (AvgIpc) is 2.60. The van der Waals surface area contributed by atoms with Crippen LogP contribution in [0.1, 0.15) is 24.5 Å². The molecule has 124 valence electrons. The Morgan fingerprint density at radius 1 is 1.21 bits per heavy atom. The summed E-state index contributed by atoms with van der Waals surface area (Å²) in [6.45, 7) is 3.10. The third-order valence-corrected chi connectivity index (χ3v) is 3.98. The number of nitrogens with zero attached hydrogens (tertiary/aromatic N) is 2. The predicted molar refractivity (Wildman–Crippen MR) is 95.8 cm³/mol. The second-order valence-electron chi connectivity index (χ2n) is 5.76. The number of hydrogen-bond acceptors (Lipinski definition) is 6. The van der Waals surface area contributed by atoms with Gasteiger partial charge in [0.25, 0.3) is 0 Å². The molecule has 2 aromatic carbocycles. The Bertz CT molecular complexity index is 769. The van der Waals surface area contributed by atoms with E-state index in [0.29, 0.717) is 11.5 Å². The van der Waals surface area contributed by atoms with Crippen molar-refractivity contribution < 1.29 is 10.2 Å². The fourth-order valence-electron chi connectivity index (χ4n) is 2.56. The summed E-state index contributed by atoms with van der Waals surface area (Å²) in [5.41, 5.74) is 9.38. The molecule has 0 amide bonds. The molecule has 0 aromatic heterocycles. The second-order valence-corrected chi connectivity index (χ2v) is 5.76. The lowest BCUT2D eigenvalue weighted by molar-refractivity contribution is 0.403. The van der Waals surface area contributed by atoms with E-state index in [9.17, 15) is 10.2 Å². The molecule has 3 rings (SSSR count). The van der Waals surface area contributed by atoms with E-state index in [1.165, 1.54) is 12.3 Å². The maximum Gasteiger partial charge on any atom is 0.166 e. The molecule has 0 radical (unpaired) electrons. The van der Waals surface area contributed by atoms with Crippen molar-refractivity contribution in [2.75, 3.05) is 12.0 Å². The molecular formula is C18H20N4O2. The van der Waals surface area contributed by atoms with E-state index in [4.69, 9.17) is 0 Å². The Labute approximate surface area is 140 Å². The van der Waals surface area contributed by atoms with Gasteiger partial charge in [-0.05, 0) is 36.2 Å². The molecule has 0 saturated carbocycles. The molecule has 4 N–H and O–H groups in total. The monoisotopic (exact) mass is 324 g/mol. The maximum atomic E-state index is 9.71. The standard InChI is InChI=1S/C18H20N4O2/c1-12-9-10-19-22-17(12)13-5-7-15(8-6-13)21-20-11-14-3-2-4-16(23)18(14)24/h2-8,11-12,19,21,23-24H,9-10H2,1H3. The van der Waals surface area contributed by atoms with Gasteiger partial charge in [-0.1, -0.05) is 25.1 Å². The van der Waals surface area contributed by atoms with Crippen LogP contribution in [-0.2, 0) is 0 Å². The van der Waals surface area contributed by atoms with Gasteiger partial charge >= 0.3 is 0 Å². The van der Waals surface area contributed by atoms with Gasteiger partial charge in [0.2, 0.25) is 0 Å². The SMILES string of the molecule is CC1CCNN=C1c1ccc(NN=Cc2cccc(O)c2O)cc1. The van der Waals surface area contributed by atoms with E-state index in [0.717, 1.165) is 29.9 Å². The van der Waals surface area contributed by atoms with Gasteiger partial charge in [-0.25, -0.2) is 0 Å². The summed E-state index contributed by atoms with van der Waals surface area (Å²) in [6.07, 6.45) is 2.54. The van der Waals surface area contributed by atoms with Crippen molar-refractivity contribution >= 4 is 17.6 Å². The van der Waals surface area contributed by atoms with Crippen LogP contribution >= 0.6 is 0 Å². The van der Waals surface area contributed by atoms with Gasteiger partial charge in [0.05, 0.1) is 17.6 Å². The van der Waals surface area contributed by atoms with Crippen molar-refractivity contribution in [2.24, 2.45) is 16.1 Å². The summed E-state index contributed by atoms with van der Waals surface area (Å²) >= 11 is 0. The van der Waals surface area contributed by atoms with Crippen LogP contribution in [0.3, 0.4) is 0 Å². The Morgan fingerprint density at radius 2 is 2.00 bits per heavy atom. The van der Waals surface area contributed by atoms with Crippen molar-refractivity contribution in [3.8, 4) is 11.5 Å². The minimum absolute atomic E-state index is 0.167. The highest BCUT2D eigenvalue weighted by Crippen LogP contribution is 2.26. The number of rotatable bonds is 4. The number of hydrogen-bond donors (Lipinski definition) is 4. The van der Waals surface area contributed by atoms with Crippen LogP contribution < -0.4 is 10.9 Å². The number of nitrogens with one attached hydrogen (secondary N) is 2. The number of aromatic hydroxyl groups is 2. The van der Waals surface area contributed by atoms with Gasteiger partial charge in [-0.2, -0.15) is 10.2 Å². The van der Waals surface area contributed by atoms with E-state index < -0.39 is 0 Å². The molecule has 0 spiro atoms. The highest BCUT2D eigenvalue weighted by atomic mass is 16.3. The van der Waals surface area contributed by atoms with Crippen LogP contribution in [0.5, 0.6) is 11.5 Å². The average molecular weight is 324 g/mol. The third kappa shape index (κ3) is 3.48. The van der Waals surface area contributed by atoms with E-state index in [1.54, 1.807) is 12.1 Å². The molecule has 1 heterocycles. The van der Waals surface area contributed by atoms with Crippen molar-refractivity contribution in [1.82, 2.24) is 5.43 Å². The lowest BCUT2D eigenvalue weighted by atomic mass is 9.94. The number of para-hydroxylation sites is 1. The summed E-state index contributed by atoms with van der Waals surface area (Å²) in [6, 6.07) is 12.6. The molecule has 6 nitrogen and oxygen atoms in total. The van der Waals surface area contributed by atoms with Crippen molar-refractivity contribution in [3.63, 3.8) is 0 Å². The Balaban J connectivity index is 1.67. The molecule has 6 heteroatoms. The zero-order valence-corrected chi connectivity index (χ0v) is 13.4. The Hall–Kier alpha value is -3.02. The van der Waals surface area contributed by atoms with Crippen LogP contribution in [-0.4, -0.2) is 28.7 Å². The molecule has 0 fully saturated rings. The first-order chi connectivity index (χ1) is 11.6. The van der Waals surface area contributed by atoms with Crippen molar-refractivity contribution in [1.29, 1.82) is 0 Å². The largest absolute Gasteiger partial charge is 0.504 e. The van der Waals surface area contributed by atoms with Crippen LogP contribution in [0, 0.1) is 5.92 Å². The number of phenolic OH excluding ortho intramolecular Hbond substituents is 2. The minimum atomic E-state index is -0.185. The maximum absolute atomic E-state index is 9.71. The van der Waals surface area contributed by atoms with Crippen LogP contribution in [0.4, 0.5) is 5.69 Å². The summed E-state index contributed by atoms with van der Waals surface area (Å²) in [7, 11) is 0. The molecule has 1 aliphatic rings. The Morgan fingerprint density at radius 3 is 2.75 bits per heavy atom. The summed E-state index contributed by atoms with van der Waals surface area (Å²) in [5, 5.41) is 27.6. The molecule has 24 heavy (non-hydrogen) atoms. The lowest BCUT2D eigenvalue weighted by Gasteiger charge is -2.20. The molecule has 1 aliphatic heterocycles. The quantitative estimate of drug-likeness (QED) is 0.395. The van der Waals surface area contributed by atoms with Crippen LogP contribution in [0.25, 0.3) is 0 Å². The third-order valence-electron chi connectivity index (χ3n) is 3.98. The predicted octanol–water partition coefficient (Wildman–Crippen LogP) is 2.88. The van der Waals surface area contributed by atoms with E-state index >= 15 is 0 Å². The molecule has 2 aromatic rings. The van der Waals surface area contributed by atoms with E-state index in [1.807, 2.05) is 24.3 Å². The number of anilines is 1. The summed E-state index contributed by atoms with van der Waals surface area (Å²) < 4.78 is 0. The molecular weight excluding hydrogens is 304 g/mol. The van der Waals surface area contributed by atoms with E-state index in [2.05, 4.69) is 28.0 Å². The first-order valence-electron chi connectivity index (χ1n) is 7.86. The van der Waals surface area contributed by atoms with Crippen molar-refractivity contribution in [3.05, 3.63) is 53.6 Å². The van der Waals surface area contributed by atoms with Gasteiger partial charge in [-0.3, -0.25) is 5.43 Å². The second kappa shape index (κ2) is 7.04. The van der Waals surface area contributed by atoms with Gasteiger partial charge in [0, 0.05) is 18.0 Å². The van der Waals surface area contributed by atoms with E-state index in [-0.39, 0.29) is 11.5 Å². The minimum Gasteiger partial charge on any atom is -0.504 e. The summed E-state index contributed by atoms with van der Waals surface area (Å²) in [4.78, 5) is 0. The zero-order valence-electron chi connectivity index (χ0n) is 13.4. The fourth-order valence-corrected chi connectivity index (χ4v) is 2.56. The lowest BCUT2D eigenvalue weighted by Crippen LogP contribution is -2.27. The van der Waals surface area contributed by atoms with Crippen molar-refractivity contribution in [2.45, 2.75) is 13.3 Å². The van der Waals surface area contributed by atoms with Gasteiger partial charge in [0.1, 0.15) is 0 Å². The van der Waals surface area contributed by atoms with Crippen LogP contribution in [0.15, 0.2) is 52.7 Å². The number of benzene rings is 2. The first-order valence-corrected chi connectivity index (χ1v) is 7.86. The zero-order chi connectivity index (χ0) is 16.9. The molecule has 1 unspecified atom stereocenters. The normalized spacial score (nSPS) is 17.4. The van der Waals surface area contributed by atoms with Gasteiger partial charge in [-0.15, -0.1) is 0 Å². The highest BCUT2D eigenvalue weighted by molar-refractivity contribution is 6.02. The van der Waals surface area contributed by atoms with Gasteiger partial charge < -0.3 is 15.6 Å². The topological polar surface area (TPSA) is 89.2 Å². The molecule has 0 aliphatic carbocycles. The van der Waals surface area contributed by atoms with Gasteiger partial charge in [0.15, 0.2) is 11.5 Å². The molecule has 0 bridgehead atoms. The molecule has 1 atom stereocenters. The Kier molecular flexibility index (Phi) is 4.65. The highest BCUT2D eigenvalue weighted by Gasteiger charge is 2.16. The smallest absolute Gasteiger partial charge is 0.166 e. The fraction of sp³-hybridized carbons (Fsp3) is 0.222. The molecule has 0 saturated heterocycles. The first kappa shape index (κ1) is 15.9.